The summed E-state index contributed by atoms with van der Waals surface area (Å²) >= 11 is 0. The first-order chi connectivity index (χ1) is 7.30. The lowest BCUT2D eigenvalue weighted by atomic mass is 9.62. The Hall–Kier alpha value is -0.0800. The average Bonchev–Trinajstić information content (AvgIpc) is 2.17. The summed E-state index contributed by atoms with van der Waals surface area (Å²) in [4.78, 5) is 0. The number of aliphatic hydroxyl groups is 2. The fraction of sp³-hybridized carbons (Fsp3) is 1.00. The average molecular weight is 212 g/mol. The van der Waals surface area contributed by atoms with Gasteiger partial charge in [-0.15, -0.1) is 0 Å². The molecule has 2 heteroatoms. The van der Waals surface area contributed by atoms with Crippen molar-refractivity contribution in [2.24, 2.45) is 17.3 Å². The summed E-state index contributed by atoms with van der Waals surface area (Å²) in [6, 6.07) is 0. The molecule has 3 rings (SSSR count). The second kappa shape index (κ2) is 4.84. The number of hydrogen-bond donors (Lipinski definition) is 2. The van der Waals surface area contributed by atoms with Crippen LogP contribution >= 0.6 is 0 Å². The molecule has 0 aliphatic heterocycles. The third-order valence-corrected chi connectivity index (χ3v) is 4.90. The lowest BCUT2D eigenvalue weighted by molar-refractivity contribution is -0.0174. The Labute approximate surface area is 92.7 Å². The molecule has 3 aliphatic carbocycles. The molecule has 2 nitrogen and oxygen atoms in total. The van der Waals surface area contributed by atoms with Crippen LogP contribution < -0.4 is 0 Å². The first-order valence-electron chi connectivity index (χ1n) is 6.52. The van der Waals surface area contributed by atoms with Crippen LogP contribution in [0.2, 0.25) is 0 Å². The first kappa shape index (κ1) is 11.4. The van der Waals surface area contributed by atoms with Crippen molar-refractivity contribution in [1.29, 1.82) is 0 Å². The molecule has 3 saturated carbocycles. The second-order valence-electron chi connectivity index (χ2n) is 5.63. The van der Waals surface area contributed by atoms with Gasteiger partial charge < -0.3 is 10.2 Å². The Morgan fingerprint density at radius 3 is 2.13 bits per heavy atom. The van der Waals surface area contributed by atoms with Crippen LogP contribution in [0.5, 0.6) is 0 Å². The van der Waals surface area contributed by atoms with E-state index in [0.29, 0.717) is 5.92 Å². The molecule has 0 amide bonds. The Bertz CT molecular complexity index is 193. The minimum atomic E-state index is 0.0557. The summed E-state index contributed by atoms with van der Waals surface area (Å²) in [5.74, 6) is 1.25. The second-order valence-corrected chi connectivity index (χ2v) is 5.63. The van der Waals surface area contributed by atoms with Gasteiger partial charge in [-0.3, -0.25) is 0 Å². The van der Waals surface area contributed by atoms with Gasteiger partial charge in [-0.1, -0.05) is 32.1 Å². The third-order valence-electron chi connectivity index (χ3n) is 4.90. The van der Waals surface area contributed by atoms with E-state index >= 15 is 0 Å². The zero-order valence-electron chi connectivity index (χ0n) is 9.62. The van der Waals surface area contributed by atoms with Gasteiger partial charge in [-0.2, -0.15) is 0 Å². The van der Waals surface area contributed by atoms with Crippen LogP contribution in [-0.2, 0) is 0 Å². The quantitative estimate of drug-likeness (QED) is 0.737. The maximum Gasteiger partial charge on any atom is 0.0490 e. The van der Waals surface area contributed by atoms with Crippen molar-refractivity contribution >= 4 is 0 Å². The topological polar surface area (TPSA) is 40.5 Å². The normalized spacial score (nSPS) is 42.0. The molecule has 1 unspecified atom stereocenters. The van der Waals surface area contributed by atoms with E-state index in [-0.39, 0.29) is 18.6 Å². The fourth-order valence-electron chi connectivity index (χ4n) is 3.77. The highest BCUT2D eigenvalue weighted by atomic mass is 16.3. The highest BCUT2D eigenvalue weighted by Gasteiger charge is 2.40. The summed E-state index contributed by atoms with van der Waals surface area (Å²) < 4.78 is 0. The zero-order chi connectivity index (χ0) is 10.7. The summed E-state index contributed by atoms with van der Waals surface area (Å²) in [5, 5.41) is 19.2. The summed E-state index contributed by atoms with van der Waals surface area (Å²) in [7, 11) is 0. The van der Waals surface area contributed by atoms with E-state index in [2.05, 4.69) is 0 Å². The van der Waals surface area contributed by atoms with Crippen molar-refractivity contribution in [2.75, 3.05) is 13.2 Å². The molecule has 0 aromatic carbocycles. The summed E-state index contributed by atoms with van der Waals surface area (Å²) in [6.07, 6.45) is 9.86. The molecule has 2 bridgehead atoms. The van der Waals surface area contributed by atoms with Crippen LogP contribution in [0.3, 0.4) is 0 Å². The van der Waals surface area contributed by atoms with Crippen LogP contribution in [0, 0.1) is 17.3 Å². The maximum absolute atomic E-state index is 9.70. The van der Waals surface area contributed by atoms with Gasteiger partial charge in [0.25, 0.3) is 0 Å². The molecule has 3 fully saturated rings. The van der Waals surface area contributed by atoms with Crippen molar-refractivity contribution in [3.63, 3.8) is 0 Å². The number of fused-ring (bicyclic) bond motifs is 6. The molecule has 3 aliphatic rings. The number of rotatable bonds is 2. The van der Waals surface area contributed by atoms with Gasteiger partial charge in [0.15, 0.2) is 0 Å². The minimum absolute atomic E-state index is 0.0557. The van der Waals surface area contributed by atoms with Crippen molar-refractivity contribution in [1.82, 2.24) is 0 Å². The van der Waals surface area contributed by atoms with Crippen molar-refractivity contribution in [3.05, 3.63) is 0 Å². The molecular weight excluding hydrogens is 188 g/mol. The standard InChI is InChI=1S/C13H24O2/c14-9-12-6-5-11-3-1-7-13(12,10-15)8-2-4-11/h11-12,14-15H,1-10H2. The van der Waals surface area contributed by atoms with E-state index < -0.39 is 0 Å². The maximum atomic E-state index is 9.70. The van der Waals surface area contributed by atoms with Gasteiger partial charge in [-0.05, 0) is 36.5 Å². The lowest BCUT2D eigenvalue weighted by Gasteiger charge is -2.44. The Morgan fingerprint density at radius 2 is 1.60 bits per heavy atom. The van der Waals surface area contributed by atoms with Crippen LogP contribution in [-0.4, -0.2) is 23.4 Å². The Balaban J connectivity index is 2.18. The van der Waals surface area contributed by atoms with E-state index in [9.17, 15) is 10.2 Å². The van der Waals surface area contributed by atoms with Gasteiger partial charge in [0.1, 0.15) is 0 Å². The third kappa shape index (κ3) is 2.21. The minimum Gasteiger partial charge on any atom is -0.396 e. The zero-order valence-corrected chi connectivity index (χ0v) is 9.62. The molecule has 2 N–H and O–H groups in total. The van der Waals surface area contributed by atoms with E-state index in [4.69, 9.17) is 0 Å². The predicted octanol–water partition coefficient (Wildman–Crippen LogP) is 2.34. The molecule has 0 radical (unpaired) electrons. The fourth-order valence-corrected chi connectivity index (χ4v) is 3.77. The van der Waals surface area contributed by atoms with Gasteiger partial charge in [0.05, 0.1) is 0 Å². The molecule has 0 saturated heterocycles. The summed E-state index contributed by atoms with van der Waals surface area (Å²) in [6.45, 7) is 0.552. The first-order valence-corrected chi connectivity index (χ1v) is 6.52. The van der Waals surface area contributed by atoms with E-state index in [1.165, 1.54) is 32.1 Å². The smallest absolute Gasteiger partial charge is 0.0490 e. The molecule has 88 valence electrons. The Morgan fingerprint density at radius 1 is 0.933 bits per heavy atom. The molecular formula is C13H24O2. The Kier molecular flexibility index (Phi) is 3.68. The van der Waals surface area contributed by atoms with Crippen molar-refractivity contribution < 1.29 is 10.2 Å². The van der Waals surface area contributed by atoms with Crippen LogP contribution in [0.25, 0.3) is 0 Å². The van der Waals surface area contributed by atoms with Crippen molar-refractivity contribution in [3.8, 4) is 0 Å². The van der Waals surface area contributed by atoms with Crippen molar-refractivity contribution in [2.45, 2.75) is 51.4 Å². The lowest BCUT2D eigenvalue weighted by Crippen LogP contribution is -2.39. The molecule has 0 spiro atoms. The van der Waals surface area contributed by atoms with E-state index in [0.717, 1.165) is 25.2 Å². The van der Waals surface area contributed by atoms with Gasteiger partial charge in [0.2, 0.25) is 0 Å². The molecule has 0 aromatic heterocycles. The molecule has 0 heterocycles. The van der Waals surface area contributed by atoms with Crippen LogP contribution in [0.1, 0.15) is 51.4 Å². The highest BCUT2D eigenvalue weighted by molar-refractivity contribution is 4.90. The van der Waals surface area contributed by atoms with Crippen LogP contribution in [0.15, 0.2) is 0 Å². The number of aliphatic hydroxyl groups excluding tert-OH is 2. The van der Waals surface area contributed by atoms with E-state index in [1.54, 1.807) is 0 Å². The number of hydrogen-bond acceptors (Lipinski definition) is 2. The predicted molar refractivity (Wildman–Crippen MR) is 60.5 cm³/mol. The van der Waals surface area contributed by atoms with Gasteiger partial charge in [0, 0.05) is 13.2 Å². The molecule has 0 aromatic rings. The van der Waals surface area contributed by atoms with Crippen LogP contribution in [0.4, 0.5) is 0 Å². The monoisotopic (exact) mass is 212 g/mol. The molecule has 1 atom stereocenters. The summed E-state index contributed by atoms with van der Waals surface area (Å²) in [5.41, 5.74) is 0.0557. The SMILES string of the molecule is OCC1CCC2CCCC1(CO)CCC2. The van der Waals surface area contributed by atoms with E-state index in [1.807, 2.05) is 0 Å². The largest absolute Gasteiger partial charge is 0.396 e. The van der Waals surface area contributed by atoms with Gasteiger partial charge in [-0.25, -0.2) is 0 Å². The van der Waals surface area contributed by atoms with Gasteiger partial charge >= 0.3 is 0 Å². The highest BCUT2D eigenvalue weighted by Crippen LogP contribution is 2.47. The molecule has 15 heavy (non-hydrogen) atoms.